The normalized spacial score (nSPS) is 17.6. The van der Waals surface area contributed by atoms with Crippen molar-refractivity contribution in [3.63, 3.8) is 0 Å². The number of carbonyl (C=O) groups is 1. The minimum atomic E-state index is -3.38. The molecule has 1 heterocycles. The van der Waals surface area contributed by atoms with E-state index >= 15 is 0 Å². The van der Waals surface area contributed by atoms with Crippen LogP contribution in [0.3, 0.4) is 0 Å². The molecule has 0 radical (unpaired) electrons. The van der Waals surface area contributed by atoms with Gasteiger partial charge in [-0.05, 0) is 65.2 Å². The summed E-state index contributed by atoms with van der Waals surface area (Å²) in [5.41, 5.74) is 0.707. The van der Waals surface area contributed by atoms with Gasteiger partial charge in [0.25, 0.3) is 0 Å². The van der Waals surface area contributed by atoms with E-state index in [-0.39, 0.29) is 11.3 Å². The van der Waals surface area contributed by atoms with Crippen molar-refractivity contribution in [3.8, 4) is 0 Å². The summed E-state index contributed by atoms with van der Waals surface area (Å²) in [7, 11) is -3.38. The highest BCUT2D eigenvalue weighted by Crippen LogP contribution is 2.31. The van der Waals surface area contributed by atoms with Gasteiger partial charge in [0.2, 0.25) is 10.0 Å². The van der Waals surface area contributed by atoms with Crippen LogP contribution in [0.5, 0.6) is 0 Å². The molecule has 8 heteroatoms. The van der Waals surface area contributed by atoms with Crippen LogP contribution >= 0.6 is 0 Å². The van der Waals surface area contributed by atoms with E-state index in [2.05, 4.69) is 10.6 Å². The van der Waals surface area contributed by atoms with Gasteiger partial charge >= 0.3 is 6.09 Å². The fraction of sp³-hybridized carbons (Fsp3) is 0.667. The third-order valence-electron chi connectivity index (χ3n) is 4.81. The smallest absolute Gasteiger partial charge is 0.407 e. The van der Waals surface area contributed by atoms with E-state index in [1.807, 2.05) is 58.9 Å². The van der Waals surface area contributed by atoms with Gasteiger partial charge in [-0.1, -0.05) is 18.6 Å². The summed E-state index contributed by atoms with van der Waals surface area (Å²) >= 11 is 0. The standard InChI is InChI=1S/C21H35N3O4S/c1-20(2,3)28-19(25)23-13-12-22-18-10-8-9-17(15-18)16-29(26,27)24-14-7-6-11-21(24,4)5/h8-10,15,22H,6-7,11-14,16H2,1-5H3,(H,23,25). The second-order valence-corrected chi connectivity index (χ2v) is 11.0. The zero-order chi connectivity index (χ0) is 21.7. The molecule has 0 spiro atoms. The SMILES string of the molecule is CC(C)(C)OC(=O)NCCNc1cccc(CS(=O)(=O)N2CCCCC2(C)C)c1. The van der Waals surface area contributed by atoms with Crippen LogP contribution in [0.1, 0.15) is 59.4 Å². The van der Waals surface area contributed by atoms with Crippen molar-refractivity contribution < 1.29 is 17.9 Å². The first-order chi connectivity index (χ1) is 13.4. The van der Waals surface area contributed by atoms with Crippen molar-refractivity contribution in [1.29, 1.82) is 0 Å². The third-order valence-corrected chi connectivity index (χ3v) is 6.86. The first-order valence-corrected chi connectivity index (χ1v) is 11.8. The van der Waals surface area contributed by atoms with Crippen LogP contribution in [0, 0.1) is 0 Å². The van der Waals surface area contributed by atoms with Gasteiger partial charge in [0.1, 0.15) is 5.60 Å². The van der Waals surface area contributed by atoms with Gasteiger partial charge in [-0.15, -0.1) is 0 Å². The number of rotatable bonds is 7. The maximum Gasteiger partial charge on any atom is 0.407 e. The summed E-state index contributed by atoms with van der Waals surface area (Å²) in [6, 6.07) is 7.41. The molecular weight excluding hydrogens is 390 g/mol. The fourth-order valence-electron chi connectivity index (χ4n) is 3.50. The van der Waals surface area contributed by atoms with Gasteiger partial charge in [0, 0.05) is 30.9 Å². The minimum Gasteiger partial charge on any atom is -0.444 e. The second kappa shape index (κ2) is 9.34. The largest absolute Gasteiger partial charge is 0.444 e. The van der Waals surface area contributed by atoms with Gasteiger partial charge in [-0.25, -0.2) is 13.2 Å². The molecule has 1 fully saturated rings. The Labute approximate surface area is 175 Å². The lowest BCUT2D eigenvalue weighted by Crippen LogP contribution is -2.50. The molecule has 0 bridgehead atoms. The summed E-state index contributed by atoms with van der Waals surface area (Å²) in [6.07, 6.45) is 2.41. The monoisotopic (exact) mass is 425 g/mol. The molecule has 7 nitrogen and oxygen atoms in total. The lowest BCUT2D eigenvalue weighted by atomic mass is 9.93. The van der Waals surface area contributed by atoms with Crippen molar-refractivity contribution in [2.45, 2.75) is 70.8 Å². The Morgan fingerprint density at radius 2 is 1.93 bits per heavy atom. The van der Waals surface area contributed by atoms with Gasteiger partial charge in [-0.3, -0.25) is 0 Å². The van der Waals surface area contributed by atoms with Gasteiger partial charge in [0.15, 0.2) is 0 Å². The highest BCUT2D eigenvalue weighted by molar-refractivity contribution is 7.88. The van der Waals surface area contributed by atoms with Crippen molar-refractivity contribution in [2.75, 3.05) is 25.0 Å². The molecule has 164 valence electrons. The average molecular weight is 426 g/mol. The lowest BCUT2D eigenvalue weighted by Gasteiger charge is -2.41. The molecular formula is C21H35N3O4S. The number of nitrogens with one attached hydrogen (secondary N) is 2. The van der Waals surface area contributed by atoms with Crippen LogP contribution in [0.2, 0.25) is 0 Å². The molecule has 0 aromatic heterocycles. The highest BCUT2D eigenvalue weighted by atomic mass is 32.2. The van der Waals surface area contributed by atoms with Crippen LogP contribution in [0.15, 0.2) is 24.3 Å². The lowest BCUT2D eigenvalue weighted by molar-refractivity contribution is 0.0530. The first kappa shape index (κ1) is 23.5. The maximum atomic E-state index is 13.0. The Hall–Kier alpha value is -1.80. The number of hydrogen-bond acceptors (Lipinski definition) is 5. The third kappa shape index (κ3) is 7.51. The van der Waals surface area contributed by atoms with Gasteiger partial charge < -0.3 is 15.4 Å². The number of amides is 1. The Balaban J connectivity index is 1.90. The van der Waals surface area contributed by atoms with E-state index in [9.17, 15) is 13.2 Å². The summed E-state index contributed by atoms with van der Waals surface area (Å²) in [5, 5.41) is 5.89. The molecule has 2 rings (SSSR count). The number of alkyl carbamates (subject to hydrolysis) is 1. The molecule has 0 saturated carbocycles. The van der Waals surface area contributed by atoms with Crippen LogP contribution in [0.25, 0.3) is 0 Å². The average Bonchev–Trinajstić information content (AvgIpc) is 2.56. The molecule has 1 saturated heterocycles. The quantitative estimate of drug-likeness (QED) is 0.650. The van der Waals surface area contributed by atoms with Crippen molar-refractivity contribution in [1.82, 2.24) is 9.62 Å². The van der Waals surface area contributed by atoms with E-state index in [0.717, 1.165) is 30.5 Å². The second-order valence-electron chi connectivity index (χ2n) is 9.15. The molecule has 29 heavy (non-hydrogen) atoms. The molecule has 0 aliphatic carbocycles. The molecule has 2 N–H and O–H groups in total. The first-order valence-electron chi connectivity index (χ1n) is 10.2. The maximum absolute atomic E-state index is 13.0. The molecule has 1 aromatic rings. The highest BCUT2D eigenvalue weighted by Gasteiger charge is 2.37. The van der Waals surface area contributed by atoms with E-state index < -0.39 is 21.7 Å². The predicted octanol–water partition coefficient (Wildman–Crippen LogP) is 3.72. The number of ether oxygens (including phenoxy) is 1. The van der Waals surface area contributed by atoms with Gasteiger partial charge in [0.05, 0.1) is 5.75 Å². The Morgan fingerprint density at radius 1 is 1.21 bits per heavy atom. The predicted molar refractivity (Wildman–Crippen MR) is 116 cm³/mol. The number of nitrogens with zero attached hydrogens (tertiary/aromatic N) is 1. The van der Waals surface area contributed by atoms with Crippen molar-refractivity contribution in [2.24, 2.45) is 0 Å². The number of sulfonamides is 1. The van der Waals surface area contributed by atoms with Crippen LogP contribution in [-0.4, -0.2) is 49.6 Å². The Morgan fingerprint density at radius 3 is 2.59 bits per heavy atom. The van der Waals surface area contributed by atoms with E-state index in [1.165, 1.54) is 0 Å². The molecule has 1 aliphatic heterocycles. The molecule has 0 unspecified atom stereocenters. The van der Waals surface area contributed by atoms with E-state index in [0.29, 0.717) is 19.6 Å². The molecule has 1 amide bonds. The summed E-state index contributed by atoms with van der Waals surface area (Å²) in [6.45, 7) is 10.9. The Kier molecular flexibility index (Phi) is 7.56. The molecule has 1 aromatic carbocycles. The number of anilines is 1. The number of hydrogen-bond donors (Lipinski definition) is 2. The van der Waals surface area contributed by atoms with Crippen LogP contribution in [0.4, 0.5) is 10.5 Å². The van der Waals surface area contributed by atoms with E-state index in [1.54, 1.807) is 4.31 Å². The van der Waals surface area contributed by atoms with Crippen LogP contribution in [-0.2, 0) is 20.5 Å². The fourth-order valence-corrected chi connectivity index (χ4v) is 5.51. The molecule has 0 atom stereocenters. The van der Waals surface area contributed by atoms with Crippen molar-refractivity contribution >= 4 is 21.8 Å². The van der Waals surface area contributed by atoms with E-state index in [4.69, 9.17) is 4.74 Å². The zero-order valence-electron chi connectivity index (χ0n) is 18.2. The number of benzene rings is 1. The summed E-state index contributed by atoms with van der Waals surface area (Å²) in [5.74, 6) is -0.0118. The number of carbonyl (C=O) groups excluding carboxylic acids is 1. The summed E-state index contributed by atoms with van der Waals surface area (Å²) in [4.78, 5) is 11.7. The molecule has 1 aliphatic rings. The van der Waals surface area contributed by atoms with Gasteiger partial charge in [-0.2, -0.15) is 4.31 Å². The zero-order valence-corrected chi connectivity index (χ0v) is 19.1. The summed E-state index contributed by atoms with van der Waals surface area (Å²) < 4.78 is 32.8. The number of piperidine rings is 1. The minimum absolute atomic E-state index is 0.0118. The topological polar surface area (TPSA) is 87.7 Å². The van der Waals surface area contributed by atoms with Crippen LogP contribution < -0.4 is 10.6 Å². The Bertz CT molecular complexity index is 800. The van der Waals surface area contributed by atoms with Crippen molar-refractivity contribution in [3.05, 3.63) is 29.8 Å².